The molecule has 2 aromatic rings. The fraction of sp³-hybridized carbons (Fsp3) is 0.421. The van der Waals surface area contributed by atoms with Crippen molar-refractivity contribution in [2.24, 2.45) is 0 Å². The van der Waals surface area contributed by atoms with Gasteiger partial charge < -0.3 is 14.2 Å². The molecular formula is C19H19F4N3O4. The van der Waals surface area contributed by atoms with Crippen molar-refractivity contribution >= 4 is 11.9 Å². The highest BCUT2D eigenvalue weighted by atomic mass is 19.4. The molecule has 1 fully saturated rings. The van der Waals surface area contributed by atoms with Crippen LogP contribution in [0.3, 0.4) is 0 Å². The number of carbonyl (C=O) groups is 2. The van der Waals surface area contributed by atoms with Gasteiger partial charge in [-0.3, -0.25) is 9.69 Å². The molecular weight excluding hydrogens is 410 g/mol. The van der Waals surface area contributed by atoms with E-state index in [0.29, 0.717) is 23.4 Å². The van der Waals surface area contributed by atoms with Crippen LogP contribution in [0.5, 0.6) is 0 Å². The molecule has 0 radical (unpaired) electrons. The first-order valence-corrected chi connectivity index (χ1v) is 9.10. The second-order valence-electron chi connectivity index (χ2n) is 6.89. The third-order valence-electron chi connectivity index (χ3n) is 4.69. The van der Waals surface area contributed by atoms with Gasteiger partial charge >= 0.3 is 12.1 Å². The molecule has 1 atom stereocenters. The molecule has 0 bridgehead atoms. The van der Waals surface area contributed by atoms with Gasteiger partial charge in [-0.1, -0.05) is 5.16 Å². The van der Waals surface area contributed by atoms with Crippen LogP contribution in [-0.4, -0.2) is 65.9 Å². The van der Waals surface area contributed by atoms with Crippen molar-refractivity contribution in [2.45, 2.75) is 25.2 Å². The van der Waals surface area contributed by atoms with Crippen molar-refractivity contribution in [3.63, 3.8) is 0 Å². The minimum atomic E-state index is -5.14. The fourth-order valence-corrected chi connectivity index (χ4v) is 3.12. The number of esters is 1. The van der Waals surface area contributed by atoms with Crippen LogP contribution in [0.2, 0.25) is 0 Å². The smallest absolute Gasteiger partial charge is 0.433 e. The lowest BCUT2D eigenvalue weighted by Gasteiger charge is -2.39. The van der Waals surface area contributed by atoms with E-state index in [0.717, 1.165) is 4.90 Å². The number of rotatable bonds is 5. The molecule has 1 aromatic heterocycles. The van der Waals surface area contributed by atoms with Crippen molar-refractivity contribution in [3.8, 4) is 11.3 Å². The largest absolute Gasteiger partial charge is 0.491 e. The van der Waals surface area contributed by atoms with Gasteiger partial charge in [0.1, 0.15) is 5.82 Å². The van der Waals surface area contributed by atoms with Crippen LogP contribution in [0, 0.1) is 5.82 Å². The summed E-state index contributed by atoms with van der Waals surface area (Å²) in [5, 5.41) is 3.71. The minimum Gasteiger partial charge on any atom is -0.433 e. The molecule has 1 aliphatic heterocycles. The molecule has 0 aliphatic carbocycles. The van der Waals surface area contributed by atoms with E-state index in [2.05, 4.69) is 9.89 Å². The third-order valence-corrected chi connectivity index (χ3v) is 4.69. The number of benzene rings is 1. The Bertz CT molecular complexity index is 898. The van der Waals surface area contributed by atoms with E-state index >= 15 is 0 Å². The lowest BCUT2D eigenvalue weighted by atomic mass is 10.0. The highest BCUT2D eigenvalue weighted by molar-refractivity contribution is 5.79. The van der Waals surface area contributed by atoms with Crippen molar-refractivity contribution in [1.29, 1.82) is 0 Å². The Morgan fingerprint density at radius 2 is 1.93 bits per heavy atom. The van der Waals surface area contributed by atoms with Gasteiger partial charge in [0.15, 0.2) is 12.0 Å². The number of amides is 1. The summed E-state index contributed by atoms with van der Waals surface area (Å²) in [6.45, 7) is 0.529. The summed E-state index contributed by atoms with van der Waals surface area (Å²) in [6.07, 6.45) is -4.90. The molecule has 7 nitrogen and oxygen atoms in total. The summed E-state index contributed by atoms with van der Waals surface area (Å²) < 4.78 is 60.5. The van der Waals surface area contributed by atoms with Gasteiger partial charge in [0, 0.05) is 30.6 Å². The third kappa shape index (κ3) is 5.15. The molecule has 1 aromatic carbocycles. The molecule has 1 amide bonds. The Labute approximate surface area is 169 Å². The molecule has 1 unspecified atom stereocenters. The van der Waals surface area contributed by atoms with Gasteiger partial charge in [0.05, 0.1) is 12.7 Å². The fourth-order valence-electron chi connectivity index (χ4n) is 3.12. The molecule has 0 spiro atoms. The molecule has 2 heterocycles. The number of hydrogen-bond acceptors (Lipinski definition) is 6. The molecule has 30 heavy (non-hydrogen) atoms. The lowest BCUT2D eigenvalue weighted by Crippen LogP contribution is -2.56. The van der Waals surface area contributed by atoms with Gasteiger partial charge in [0.2, 0.25) is 5.91 Å². The normalized spacial score (nSPS) is 17.8. The quantitative estimate of drug-likeness (QED) is 0.537. The number of nitrogens with zero attached hydrogens (tertiary/aromatic N) is 3. The van der Waals surface area contributed by atoms with Gasteiger partial charge in [-0.15, -0.1) is 0 Å². The van der Waals surface area contributed by atoms with E-state index in [9.17, 15) is 27.2 Å². The zero-order valence-corrected chi connectivity index (χ0v) is 16.0. The van der Waals surface area contributed by atoms with Crippen LogP contribution >= 0.6 is 0 Å². The maximum Gasteiger partial charge on any atom is 0.491 e. The van der Waals surface area contributed by atoms with Gasteiger partial charge in [0.25, 0.3) is 0 Å². The summed E-state index contributed by atoms with van der Waals surface area (Å²) in [6, 6.07) is 5.54. The van der Waals surface area contributed by atoms with E-state index in [1.54, 1.807) is 11.9 Å². The summed E-state index contributed by atoms with van der Waals surface area (Å²) in [4.78, 5) is 26.7. The minimum absolute atomic E-state index is 0.0261. The van der Waals surface area contributed by atoms with E-state index < -0.39 is 30.1 Å². The van der Waals surface area contributed by atoms with E-state index in [1.807, 2.05) is 0 Å². The molecule has 1 aliphatic rings. The Kier molecular flexibility index (Phi) is 6.40. The molecule has 3 rings (SSSR count). The Hall–Kier alpha value is -2.95. The molecule has 162 valence electrons. The summed E-state index contributed by atoms with van der Waals surface area (Å²) >= 11 is 0. The van der Waals surface area contributed by atoms with Crippen molar-refractivity contribution in [1.82, 2.24) is 15.0 Å². The second kappa shape index (κ2) is 8.82. The number of aryl methyl sites for hydroxylation is 1. The highest BCUT2D eigenvalue weighted by Gasteiger charge is 2.44. The van der Waals surface area contributed by atoms with Crippen molar-refractivity contribution in [2.75, 3.05) is 26.7 Å². The Morgan fingerprint density at radius 1 is 1.23 bits per heavy atom. The number of carbonyl (C=O) groups excluding carboxylic acids is 2. The molecule has 0 saturated carbocycles. The number of halogens is 4. The number of aromatic nitrogens is 1. The molecule has 0 N–H and O–H groups in total. The molecule has 11 heteroatoms. The Morgan fingerprint density at radius 3 is 2.60 bits per heavy atom. The number of ether oxygens (including phenoxy) is 1. The number of hydrogen-bond donors (Lipinski definition) is 0. The average Bonchev–Trinajstić information content (AvgIpc) is 3.14. The van der Waals surface area contributed by atoms with Crippen LogP contribution in [0.25, 0.3) is 11.3 Å². The van der Waals surface area contributed by atoms with Gasteiger partial charge in [-0.25, -0.2) is 9.18 Å². The van der Waals surface area contributed by atoms with Crippen LogP contribution in [-0.2, 0) is 20.7 Å². The van der Waals surface area contributed by atoms with E-state index in [1.165, 1.54) is 30.5 Å². The number of likely N-dealkylation sites (N-methyl/N-ethyl adjacent to an activating group) is 1. The summed E-state index contributed by atoms with van der Waals surface area (Å²) in [7, 11) is 1.66. The predicted molar refractivity (Wildman–Crippen MR) is 95.4 cm³/mol. The van der Waals surface area contributed by atoms with Crippen molar-refractivity contribution < 1.29 is 36.4 Å². The molecule has 1 saturated heterocycles. The zero-order chi connectivity index (χ0) is 21.9. The van der Waals surface area contributed by atoms with E-state index in [-0.39, 0.29) is 25.9 Å². The van der Waals surface area contributed by atoms with E-state index in [4.69, 9.17) is 4.52 Å². The topological polar surface area (TPSA) is 75.9 Å². The zero-order valence-electron chi connectivity index (χ0n) is 16.0. The predicted octanol–water partition coefficient (Wildman–Crippen LogP) is 2.62. The van der Waals surface area contributed by atoms with Gasteiger partial charge in [-0.05, 0) is 37.7 Å². The average molecular weight is 429 g/mol. The lowest BCUT2D eigenvalue weighted by molar-refractivity contribution is -0.216. The Balaban J connectivity index is 1.67. The standard InChI is InChI=1S/C19H19F4N3O4/c1-25-8-9-26(16(11-25)29-18(28)19(21,22)23)15(27)7-4-13-10-24-30-17(13)12-2-5-14(20)6-3-12/h2-3,5-6,10,16H,4,7-9,11H2,1H3. The van der Waals surface area contributed by atoms with Crippen molar-refractivity contribution in [3.05, 3.63) is 41.8 Å². The summed E-state index contributed by atoms with van der Waals surface area (Å²) in [5.41, 5.74) is 1.17. The SMILES string of the molecule is CN1CCN(C(=O)CCc2cnoc2-c2ccc(F)cc2)C(OC(=O)C(F)(F)F)C1. The first kappa shape index (κ1) is 21.8. The summed E-state index contributed by atoms with van der Waals surface area (Å²) in [5.74, 6) is -2.83. The van der Waals surface area contributed by atoms with Gasteiger partial charge in [-0.2, -0.15) is 13.2 Å². The first-order chi connectivity index (χ1) is 14.1. The van der Waals surface area contributed by atoms with Crippen LogP contribution in [0.15, 0.2) is 35.0 Å². The van der Waals surface area contributed by atoms with Crippen LogP contribution < -0.4 is 0 Å². The first-order valence-electron chi connectivity index (χ1n) is 9.10. The monoisotopic (exact) mass is 429 g/mol. The highest BCUT2D eigenvalue weighted by Crippen LogP contribution is 2.26. The second-order valence-corrected chi connectivity index (χ2v) is 6.89. The maximum atomic E-state index is 13.1. The van der Waals surface area contributed by atoms with Crippen LogP contribution in [0.4, 0.5) is 17.6 Å². The number of alkyl halides is 3. The van der Waals surface area contributed by atoms with Crippen LogP contribution in [0.1, 0.15) is 12.0 Å². The number of piperazine rings is 1. The maximum absolute atomic E-state index is 13.1.